The van der Waals surface area contributed by atoms with Gasteiger partial charge in [0.05, 0.1) is 0 Å². The van der Waals surface area contributed by atoms with Gasteiger partial charge in [-0.1, -0.05) is 23.9 Å². The molecule has 0 unspecified atom stereocenters. The molecule has 0 radical (unpaired) electrons. The van der Waals surface area contributed by atoms with Crippen molar-refractivity contribution in [2.24, 2.45) is 0 Å². The third-order valence-corrected chi connectivity index (χ3v) is 1.94. The van der Waals surface area contributed by atoms with Crippen LogP contribution in [0.25, 0.3) is 0 Å². The smallest absolute Gasteiger partial charge is 0.288 e. The zero-order valence-electron chi connectivity index (χ0n) is 6.04. The maximum Gasteiger partial charge on any atom is 0.288 e. The standard InChI is InChI=1S/C7H7F2NS.ClH/c8-7(9)11-6-4-2-1-3-5(6)10;/h1-4,7H,10H2;1H. The van der Waals surface area contributed by atoms with E-state index in [1.54, 1.807) is 24.3 Å². The number of hydrogen-bond acceptors (Lipinski definition) is 2. The van der Waals surface area contributed by atoms with Crippen molar-refractivity contribution in [1.82, 2.24) is 0 Å². The first kappa shape index (κ1) is 11.5. The SMILES string of the molecule is Cl.Nc1ccccc1SC(F)F. The van der Waals surface area contributed by atoms with E-state index in [1.807, 2.05) is 0 Å². The van der Waals surface area contributed by atoms with Crippen LogP contribution in [0, 0.1) is 0 Å². The Hall–Kier alpha value is -0.480. The van der Waals surface area contributed by atoms with Crippen molar-refractivity contribution in [1.29, 1.82) is 0 Å². The van der Waals surface area contributed by atoms with Gasteiger partial charge in [-0.05, 0) is 12.1 Å². The fraction of sp³-hybridized carbons (Fsp3) is 0.143. The Labute approximate surface area is 79.7 Å². The van der Waals surface area contributed by atoms with E-state index in [1.165, 1.54) is 0 Å². The first-order valence-corrected chi connectivity index (χ1v) is 3.87. The van der Waals surface area contributed by atoms with E-state index in [4.69, 9.17) is 5.73 Å². The second-order valence-corrected chi connectivity index (χ2v) is 2.95. The summed E-state index contributed by atoms with van der Waals surface area (Å²) in [5.74, 6) is -2.40. The molecule has 0 amide bonds. The number of nitrogens with two attached hydrogens (primary N) is 1. The van der Waals surface area contributed by atoms with Crippen molar-refractivity contribution in [3.63, 3.8) is 0 Å². The van der Waals surface area contributed by atoms with Crippen molar-refractivity contribution >= 4 is 29.9 Å². The average Bonchev–Trinajstić information content (AvgIpc) is 1.93. The summed E-state index contributed by atoms with van der Waals surface area (Å²) in [5, 5.41) is 0. The first-order chi connectivity index (χ1) is 5.20. The molecule has 1 nitrogen and oxygen atoms in total. The number of benzene rings is 1. The Kier molecular flexibility index (Phi) is 5.01. The predicted octanol–water partition coefficient (Wildman–Crippen LogP) is 3.01. The minimum atomic E-state index is -2.40. The number of para-hydroxylation sites is 1. The van der Waals surface area contributed by atoms with Crippen LogP contribution in [0.2, 0.25) is 0 Å². The molecular formula is C7H8ClF2NS. The maximum absolute atomic E-state index is 11.8. The predicted molar refractivity (Wildman–Crippen MR) is 50.0 cm³/mol. The maximum atomic E-state index is 11.8. The van der Waals surface area contributed by atoms with Gasteiger partial charge in [-0.25, -0.2) is 0 Å². The molecule has 2 N–H and O–H groups in total. The molecule has 68 valence electrons. The molecule has 0 atom stereocenters. The van der Waals surface area contributed by atoms with Gasteiger partial charge in [0.2, 0.25) is 0 Å². The van der Waals surface area contributed by atoms with Crippen molar-refractivity contribution in [3.05, 3.63) is 24.3 Å². The van der Waals surface area contributed by atoms with Crippen LogP contribution in [0.3, 0.4) is 0 Å². The Morgan fingerprint density at radius 2 is 1.83 bits per heavy atom. The van der Waals surface area contributed by atoms with Gasteiger partial charge in [0.1, 0.15) is 0 Å². The zero-order chi connectivity index (χ0) is 8.27. The average molecular weight is 212 g/mol. The lowest BCUT2D eigenvalue weighted by Crippen LogP contribution is -1.89. The molecule has 12 heavy (non-hydrogen) atoms. The normalized spacial score (nSPS) is 9.58. The Bertz CT molecular complexity index is 245. The molecule has 0 aliphatic rings. The largest absolute Gasteiger partial charge is 0.398 e. The Balaban J connectivity index is 0.00000121. The van der Waals surface area contributed by atoms with Gasteiger partial charge in [-0.15, -0.1) is 12.4 Å². The highest BCUT2D eigenvalue weighted by Crippen LogP contribution is 2.29. The highest BCUT2D eigenvalue weighted by Gasteiger charge is 2.06. The van der Waals surface area contributed by atoms with Crippen molar-refractivity contribution in [3.8, 4) is 0 Å². The molecule has 0 aromatic heterocycles. The molecule has 1 aromatic carbocycles. The molecular weight excluding hydrogens is 204 g/mol. The van der Waals surface area contributed by atoms with E-state index in [0.717, 1.165) is 0 Å². The molecule has 0 aliphatic carbocycles. The third kappa shape index (κ3) is 3.28. The van der Waals surface area contributed by atoms with E-state index < -0.39 is 5.76 Å². The summed E-state index contributed by atoms with van der Waals surface area (Å²) in [6, 6.07) is 6.57. The lowest BCUT2D eigenvalue weighted by atomic mass is 10.3. The van der Waals surface area contributed by atoms with Crippen LogP contribution in [0.1, 0.15) is 0 Å². The number of hydrogen-bond donors (Lipinski definition) is 1. The summed E-state index contributed by atoms with van der Waals surface area (Å²) in [5.41, 5.74) is 5.82. The summed E-state index contributed by atoms with van der Waals surface area (Å²) in [7, 11) is 0. The van der Waals surface area contributed by atoms with Crippen LogP contribution in [0.5, 0.6) is 0 Å². The summed E-state index contributed by atoms with van der Waals surface area (Å²) in [6.45, 7) is 0. The van der Waals surface area contributed by atoms with Gasteiger partial charge in [0.25, 0.3) is 5.76 Å². The van der Waals surface area contributed by atoms with Crippen LogP contribution in [-0.2, 0) is 0 Å². The van der Waals surface area contributed by atoms with Crippen LogP contribution in [-0.4, -0.2) is 5.76 Å². The summed E-state index contributed by atoms with van der Waals surface area (Å²) >= 11 is 0.467. The van der Waals surface area contributed by atoms with Crippen LogP contribution in [0.15, 0.2) is 29.2 Å². The van der Waals surface area contributed by atoms with Crippen molar-refractivity contribution in [2.45, 2.75) is 10.7 Å². The number of anilines is 1. The lowest BCUT2D eigenvalue weighted by Gasteiger charge is -2.02. The second kappa shape index (κ2) is 5.22. The number of thioether (sulfide) groups is 1. The number of halogens is 3. The zero-order valence-corrected chi connectivity index (χ0v) is 7.67. The molecule has 0 bridgehead atoms. The fourth-order valence-corrected chi connectivity index (χ4v) is 1.24. The molecule has 0 saturated carbocycles. The Morgan fingerprint density at radius 3 is 2.33 bits per heavy atom. The Morgan fingerprint density at radius 1 is 1.25 bits per heavy atom. The van der Waals surface area contributed by atoms with E-state index in [9.17, 15) is 8.78 Å². The molecule has 0 fully saturated rings. The third-order valence-electron chi connectivity index (χ3n) is 1.14. The van der Waals surface area contributed by atoms with Gasteiger partial charge in [0, 0.05) is 10.6 Å². The van der Waals surface area contributed by atoms with E-state index in [0.29, 0.717) is 22.3 Å². The van der Waals surface area contributed by atoms with Crippen LogP contribution in [0.4, 0.5) is 14.5 Å². The minimum Gasteiger partial charge on any atom is -0.398 e. The lowest BCUT2D eigenvalue weighted by molar-refractivity contribution is 0.252. The molecule has 1 rings (SSSR count). The molecule has 0 heterocycles. The first-order valence-electron chi connectivity index (χ1n) is 2.99. The molecule has 1 aromatic rings. The highest BCUT2D eigenvalue weighted by molar-refractivity contribution is 7.99. The van der Waals surface area contributed by atoms with Gasteiger partial charge in [0.15, 0.2) is 0 Å². The molecule has 0 saturated heterocycles. The van der Waals surface area contributed by atoms with Gasteiger partial charge in [-0.3, -0.25) is 0 Å². The van der Waals surface area contributed by atoms with Gasteiger partial charge >= 0.3 is 0 Å². The van der Waals surface area contributed by atoms with Crippen molar-refractivity contribution < 1.29 is 8.78 Å². The van der Waals surface area contributed by atoms with E-state index in [2.05, 4.69) is 0 Å². The molecule has 0 aliphatic heterocycles. The quantitative estimate of drug-likeness (QED) is 0.601. The minimum absolute atomic E-state index is 0. The summed E-state index contributed by atoms with van der Waals surface area (Å²) in [4.78, 5) is 0.433. The fourth-order valence-electron chi connectivity index (χ4n) is 0.684. The van der Waals surface area contributed by atoms with E-state index in [-0.39, 0.29) is 12.4 Å². The second-order valence-electron chi connectivity index (χ2n) is 1.92. The highest BCUT2D eigenvalue weighted by atomic mass is 35.5. The van der Waals surface area contributed by atoms with Crippen LogP contribution < -0.4 is 5.73 Å². The van der Waals surface area contributed by atoms with Crippen LogP contribution >= 0.6 is 24.2 Å². The number of rotatable bonds is 2. The van der Waals surface area contributed by atoms with Gasteiger partial charge in [-0.2, -0.15) is 8.78 Å². The molecule has 0 spiro atoms. The van der Waals surface area contributed by atoms with Gasteiger partial charge < -0.3 is 5.73 Å². The van der Waals surface area contributed by atoms with Crippen molar-refractivity contribution in [2.75, 3.05) is 5.73 Å². The summed E-state index contributed by atoms with van der Waals surface area (Å²) < 4.78 is 23.6. The number of nitrogen functional groups attached to an aromatic ring is 1. The molecule has 5 heteroatoms. The van der Waals surface area contributed by atoms with E-state index >= 15 is 0 Å². The number of alkyl halides is 2. The monoisotopic (exact) mass is 211 g/mol. The topological polar surface area (TPSA) is 26.0 Å². The summed E-state index contributed by atoms with van der Waals surface area (Å²) in [6.07, 6.45) is 0.